The van der Waals surface area contributed by atoms with Gasteiger partial charge in [0.1, 0.15) is 17.5 Å². The van der Waals surface area contributed by atoms with Crippen molar-refractivity contribution in [1.29, 1.82) is 0 Å². The molecule has 0 saturated carbocycles. The molecule has 2 aromatic heterocycles. The normalized spacial score (nSPS) is 10.3. The largest absolute Gasteiger partial charge is 0.481 e. The van der Waals surface area contributed by atoms with Crippen molar-refractivity contribution in [3.05, 3.63) is 66.7 Å². The van der Waals surface area contributed by atoms with E-state index in [4.69, 9.17) is 5.11 Å². The summed E-state index contributed by atoms with van der Waals surface area (Å²) in [5.74, 6) is -0.858. The maximum absolute atomic E-state index is 13.0. The summed E-state index contributed by atoms with van der Waals surface area (Å²) in [7, 11) is 0. The number of aliphatic carboxylic acids is 1. The minimum absolute atomic E-state index is 0.123. The van der Waals surface area contributed by atoms with E-state index in [1.807, 2.05) is 6.07 Å². The highest BCUT2D eigenvalue weighted by Gasteiger charge is 2.08. The highest BCUT2D eigenvalue weighted by atomic mass is 19.1. The second kappa shape index (κ2) is 8.72. The first-order chi connectivity index (χ1) is 13.5. The summed E-state index contributed by atoms with van der Waals surface area (Å²) >= 11 is 0. The molecule has 0 atom stereocenters. The van der Waals surface area contributed by atoms with E-state index in [-0.39, 0.29) is 18.7 Å². The summed E-state index contributed by atoms with van der Waals surface area (Å²) in [6, 6.07) is 13.0. The number of rotatable bonds is 7. The Labute approximate surface area is 160 Å². The van der Waals surface area contributed by atoms with E-state index in [1.165, 1.54) is 12.1 Å². The van der Waals surface area contributed by atoms with Gasteiger partial charge in [-0.2, -0.15) is 0 Å². The summed E-state index contributed by atoms with van der Waals surface area (Å²) in [5, 5.41) is 14.3. The summed E-state index contributed by atoms with van der Waals surface area (Å²) in [5.41, 5.74) is 2.34. The summed E-state index contributed by atoms with van der Waals surface area (Å²) < 4.78 is 13.0. The second-order valence-corrected chi connectivity index (χ2v) is 5.93. The number of nitrogens with one attached hydrogen (secondary N) is 2. The van der Waals surface area contributed by atoms with Crippen LogP contribution in [0.25, 0.3) is 11.1 Å². The number of hydrogen-bond donors (Lipinski definition) is 3. The van der Waals surface area contributed by atoms with E-state index in [2.05, 4.69) is 20.6 Å². The van der Waals surface area contributed by atoms with Gasteiger partial charge in [-0.05, 0) is 59.7 Å². The molecule has 0 aliphatic carbocycles. The number of pyridine rings is 2. The predicted molar refractivity (Wildman–Crippen MR) is 103 cm³/mol. The second-order valence-electron chi connectivity index (χ2n) is 5.93. The van der Waals surface area contributed by atoms with E-state index in [0.29, 0.717) is 17.3 Å². The molecule has 3 N–H and O–H groups in total. The van der Waals surface area contributed by atoms with E-state index in [1.54, 1.807) is 42.7 Å². The van der Waals surface area contributed by atoms with Crippen LogP contribution in [0.3, 0.4) is 0 Å². The van der Waals surface area contributed by atoms with Crippen LogP contribution in [0.15, 0.2) is 60.9 Å². The fourth-order valence-corrected chi connectivity index (χ4v) is 2.46. The SMILES string of the molecule is O=C(O)CCC(=O)Nc1cc(-c2ccnc(Nc3ccc(F)cc3)c2)ccn1. The zero-order chi connectivity index (χ0) is 19.9. The lowest BCUT2D eigenvalue weighted by molar-refractivity contribution is -0.138. The number of anilines is 3. The standard InChI is InChI=1S/C20H17FN4O3/c21-15-1-3-16(4-2-15)24-17-11-13(7-9-22-17)14-8-10-23-18(12-14)25-19(26)5-6-20(27)28/h1-4,7-12H,5-6H2,(H,22,24)(H,27,28)(H,23,25,26). The van der Waals surface area contributed by atoms with Gasteiger partial charge in [0.05, 0.1) is 6.42 Å². The average molecular weight is 380 g/mol. The van der Waals surface area contributed by atoms with Gasteiger partial charge >= 0.3 is 5.97 Å². The Balaban J connectivity index is 1.73. The zero-order valence-corrected chi connectivity index (χ0v) is 14.7. The minimum atomic E-state index is -1.03. The fourth-order valence-electron chi connectivity index (χ4n) is 2.46. The van der Waals surface area contributed by atoms with Crippen molar-refractivity contribution in [2.75, 3.05) is 10.6 Å². The first kappa shape index (κ1) is 19.0. The smallest absolute Gasteiger partial charge is 0.303 e. The highest BCUT2D eigenvalue weighted by molar-refractivity contribution is 5.92. The molecule has 142 valence electrons. The van der Waals surface area contributed by atoms with Crippen LogP contribution in [0.4, 0.5) is 21.7 Å². The molecule has 28 heavy (non-hydrogen) atoms. The summed E-state index contributed by atoms with van der Waals surface area (Å²) in [4.78, 5) is 30.7. The molecule has 0 aliphatic heterocycles. The number of carboxylic acid groups (broad SMARTS) is 1. The molecule has 7 nitrogen and oxygen atoms in total. The fraction of sp³-hybridized carbons (Fsp3) is 0.100. The maximum Gasteiger partial charge on any atom is 0.303 e. The van der Waals surface area contributed by atoms with Gasteiger partial charge in [-0.1, -0.05) is 0 Å². The number of carbonyl (C=O) groups excluding carboxylic acids is 1. The number of aromatic nitrogens is 2. The molecule has 0 bridgehead atoms. The molecule has 0 fully saturated rings. The molecule has 0 radical (unpaired) electrons. The molecule has 3 rings (SSSR count). The van der Waals surface area contributed by atoms with Crippen LogP contribution in [-0.2, 0) is 9.59 Å². The van der Waals surface area contributed by atoms with Crippen LogP contribution in [0, 0.1) is 5.82 Å². The molecule has 3 aromatic rings. The number of benzene rings is 1. The van der Waals surface area contributed by atoms with Gasteiger partial charge in [0.2, 0.25) is 5.91 Å². The van der Waals surface area contributed by atoms with Crippen LogP contribution in [0.2, 0.25) is 0 Å². The molecule has 1 amide bonds. The average Bonchev–Trinajstić information content (AvgIpc) is 2.69. The number of nitrogens with zero attached hydrogens (tertiary/aromatic N) is 2. The Kier molecular flexibility index (Phi) is 5.91. The van der Waals surface area contributed by atoms with Crippen molar-refractivity contribution in [1.82, 2.24) is 9.97 Å². The number of carboxylic acids is 1. The van der Waals surface area contributed by atoms with E-state index >= 15 is 0 Å². The minimum Gasteiger partial charge on any atom is -0.481 e. The molecular weight excluding hydrogens is 363 g/mol. The number of amides is 1. The van der Waals surface area contributed by atoms with Gasteiger partial charge in [0.15, 0.2) is 0 Å². The first-order valence-electron chi connectivity index (χ1n) is 8.46. The topological polar surface area (TPSA) is 104 Å². The summed E-state index contributed by atoms with van der Waals surface area (Å²) in [6.45, 7) is 0. The Morgan fingerprint density at radius 2 is 1.50 bits per heavy atom. The van der Waals surface area contributed by atoms with Crippen molar-refractivity contribution in [3.63, 3.8) is 0 Å². The van der Waals surface area contributed by atoms with Crippen molar-refractivity contribution in [2.24, 2.45) is 0 Å². The third-order valence-electron chi connectivity index (χ3n) is 3.80. The third-order valence-corrected chi connectivity index (χ3v) is 3.80. The van der Waals surface area contributed by atoms with Gasteiger partial charge in [0.25, 0.3) is 0 Å². The quantitative estimate of drug-likeness (QED) is 0.575. The number of halogens is 1. The Morgan fingerprint density at radius 3 is 2.14 bits per heavy atom. The first-order valence-corrected chi connectivity index (χ1v) is 8.46. The predicted octanol–water partition coefficient (Wildman–Crippen LogP) is 3.83. The van der Waals surface area contributed by atoms with E-state index in [9.17, 15) is 14.0 Å². The zero-order valence-electron chi connectivity index (χ0n) is 14.7. The van der Waals surface area contributed by atoms with Crippen molar-refractivity contribution < 1.29 is 19.1 Å². The van der Waals surface area contributed by atoms with E-state index in [0.717, 1.165) is 11.1 Å². The van der Waals surface area contributed by atoms with E-state index < -0.39 is 11.9 Å². The molecule has 2 heterocycles. The Bertz CT molecular complexity index is 993. The van der Waals surface area contributed by atoms with Gasteiger partial charge in [-0.25, -0.2) is 14.4 Å². The number of carbonyl (C=O) groups is 2. The molecule has 8 heteroatoms. The van der Waals surface area contributed by atoms with Gasteiger partial charge < -0.3 is 15.7 Å². The van der Waals surface area contributed by atoms with Crippen molar-refractivity contribution >= 4 is 29.2 Å². The third kappa shape index (κ3) is 5.34. The lowest BCUT2D eigenvalue weighted by Crippen LogP contribution is -2.14. The lowest BCUT2D eigenvalue weighted by Gasteiger charge is -2.09. The lowest BCUT2D eigenvalue weighted by atomic mass is 10.1. The number of hydrogen-bond acceptors (Lipinski definition) is 5. The molecule has 0 aliphatic rings. The molecule has 0 saturated heterocycles. The van der Waals surface area contributed by atoms with Crippen LogP contribution >= 0.6 is 0 Å². The molecular formula is C20H17FN4O3. The summed E-state index contributed by atoms with van der Waals surface area (Å²) in [6.07, 6.45) is 2.82. The molecule has 0 spiro atoms. The van der Waals surface area contributed by atoms with Crippen molar-refractivity contribution in [3.8, 4) is 11.1 Å². The molecule has 1 aromatic carbocycles. The van der Waals surface area contributed by atoms with Crippen LogP contribution in [0.5, 0.6) is 0 Å². The monoisotopic (exact) mass is 380 g/mol. The molecule has 0 unspecified atom stereocenters. The maximum atomic E-state index is 13.0. The highest BCUT2D eigenvalue weighted by Crippen LogP contribution is 2.24. The Hall–Kier alpha value is -3.81. The van der Waals surface area contributed by atoms with Gasteiger partial charge in [-0.3, -0.25) is 9.59 Å². The van der Waals surface area contributed by atoms with Crippen LogP contribution in [-0.4, -0.2) is 27.0 Å². The Morgan fingerprint density at radius 1 is 0.893 bits per heavy atom. The van der Waals surface area contributed by atoms with Crippen LogP contribution < -0.4 is 10.6 Å². The van der Waals surface area contributed by atoms with Gasteiger partial charge in [0, 0.05) is 24.5 Å². The van der Waals surface area contributed by atoms with Gasteiger partial charge in [-0.15, -0.1) is 0 Å². The van der Waals surface area contributed by atoms with Crippen molar-refractivity contribution in [2.45, 2.75) is 12.8 Å². The van der Waals surface area contributed by atoms with Crippen LogP contribution in [0.1, 0.15) is 12.8 Å².